The average molecular weight is 690 g/mol. The molecule has 0 heterocycles. The summed E-state index contributed by atoms with van der Waals surface area (Å²) < 4.78 is 23.3. The van der Waals surface area contributed by atoms with Crippen LogP contribution < -0.4 is 5.32 Å². The number of hydrogen-bond acceptors (Lipinski definition) is 6. The van der Waals surface area contributed by atoms with Crippen LogP contribution in [0, 0.1) is 0 Å². The summed E-state index contributed by atoms with van der Waals surface area (Å²) in [5.41, 5.74) is 0. The Hall–Kier alpha value is -1.06. The molecule has 0 aliphatic heterocycles. The van der Waals surface area contributed by atoms with Gasteiger partial charge in [-0.15, -0.1) is 0 Å². The Morgan fingerprint density at radius 1 is 0.723 bits per heavy atom. The minimum Gasteiger partial charge on any atom is -0.390 e. The fourth-order valence-corrected chi connectivity index (χ4v) is 5.86. The molecule has 0 fully saturated rings. The lowest BCUT2D eigenvalue weighted by Crippen LogP contribution is -2.51. The number of carbonyl (C=O) groups is 1. The van der Waals surface area contributed by atoms with Crippen molar-refractivity contribution in [2.75, 3.05) is 40.9 Å². The normalized spacial score (nSPS) is 15.7. The zero-order valence-electron chi connectivity index (χ0n) is 30.9. The quantitative estimate of drug-likeness (QED) is 0.0236. The summed E-state index contributed by atoms with van der Waals surface area (Å²) in [5, 5.41) is 24.5. The van der Waals surface area contributed by atoms with Gasteiger partial charge in [-0.25, -0.2) is 4.57 Å². The van der Waals surface area contributed by atoms with Gasteiger partial charge >= 0.3 is 7.82 Å². The van der Waals surface area contributed by atoms with E-state index in [0.717, 1.165) is 51.4 Å². The van der Waals surface area contributed by atoms with E-state index in [1.165, 1.54) is 57.8 Å². The number of aliphatic hydroxyl groups excluding tert-OH is 2. The van der Waals surface area contributed by atoms with Gasteiger partial charge < -0.3 is 24.9 Å². The van der Waals surface area contributed by atoms with Crippen molar-refractivity contribution in [3.05, 3.63) is 24.3 Å². The Morgan fingerprint density at radius 3 is 1.77 bits per heavy atom. The van der Waals surface area contributed by atoms with Crippen LogP contribution >= 0.6 is 7.82 Å². The summed E-state index contributed by atoms with van der Waals surface area (Å²) in [7, 11) is 1.41. The Morgan fingerprint density at radius 2 is 1.21 bits per heavy atom. The van der Waals surface area contributed by atoms with E-state index in [0.29, 0.717) is 30.3 Å². The van der Waals surface area contributed by atoms with E-state index in [1.807, 2.05) is 21.1 Å². The first-order valence-electron chi connectivity index (χ1n) is 18.8. The van der Waals surface area contributed by atoms with Crippen LogP contribution in [-0.2, 0) is 18.4 Å². The molecule has 0 bridgehead atoms. The van der Waals surface area contributed by atoms with Gasteiger partial charge in [0.2, 0.25) is 5.91 Å². The van der Waals surface area contributed by atoms with Crippen LogP contribution in [0.5, 0.6) is 0 Å². The SMILES string of the molecule is CCCC/C=C\CCCCCCCC(=O)NC(COP(=O)(O)OCC[N+](C)(C)C)C(O)C(O)CCC/C=C/CCCCCCCCC. The number of phosphoric acid groups is 1. The molecular formula is C37H74N2O7P+. The fourth-order valence-electron chi connectivity index (χ4n) is 5.12. The van der Waals surface area contributed by atoms with Crippen LogP contribution in [0.1, 0.15) is 149 Å². The molecule has 278 valence electrons. The van der Waals surface area contributed by atoms with Gasteiger partial charge in [0.15, 0.2) is 0 Å². The molecular weight excluding hydrogens is 615 g/mol. The van der Waals surface area contributed by atoms with Gasteiger partial charge in [-0.1, -0.05) is 109 Å². The number of likely N-dealkylation sites (N-methyl/N-ethyl adjacent to an activating group) is 1. The summed E-state index contributed by atoms with van der Waals surface area (Å²) in [4.78, 5) is 23.0. The van der Waals surface area contributed by atoms with Crippen molar-refractivity contribution >= 4 is 13.7 Å². The number of carbonyl (C=O) groups excluding carboxylic acids is 1. The molecule has 0 spiro atoms. The number of unbranched alkanes of at least 4 members (excludes halogenated alkanes) is 15. The number of allylic oxidation sites excluding steroid dienone is 4. The van der Waals surface area contributed by atoms with Crippen molar-refractivity contribution < 1.29 is 38.0 Å². The zero-order chi connectivity index (χ0) is 35.2. The summed E-state index contributed by atoms with van der Waals surface area (Å²) in [6.07, 6.45) is 28.1. The van der Waals surface area contributed by atoms with Crippen molar-refractivity contribution in [3.8, 4) is 0 Å². The zero-order valence-corrected chi connectivity index (χ0v) is 31.8. The maximum Gasteiger partial charge on any atom is 0.472 e. The van der Waals surface area contributed by atoms with Crippen LogP contribution in [0.2, 0.25) is 0 Å². The average Bonchev–Trinajstić information content (AvgIpc) is 3.01. The van der Waals surface area contributed by atoms with Crippen LogP contribution in [0.15, 0.2) is 24.3 Å². The monoisotopic (exact) mass is 690 g/mol. The van der Waals surface area contributed by atoms with Gasteiger partial charge in [0.25, 0.3) is 0 Å². The third-order valence-electron chi connectivity index (χ3n) is 8.26. The van der Waals surface area contributed by atoms with Crippen molar-refractivity contribution in [2.24, 2.45) is 0 Å². The first-order valence-corrected chi connectivity index (χ1v) is 20.3. The van der Waals surface area contributed by atoms with Crippen LogP contribution in [0.3, 0.4) is 0 Å². The minimum absolute atomic E-state index is 0.0150. The highest BCUT2D eigenvalue weighted by molar-refractivity contribution is 7.47. The predicted molar refractivity (Wildman–Crippen MR) is 195 cm³/mol. The number of nitrogens with one attached hydrogen (secondary N) is 1. The second-order valence-electron chi connectivity index (χ2n) is 14.1. The minimum atomic E-state index is -4.41. The van der Waals surface area contributed by atoms with E-state index in [4.69, 9.17) is 9.05 Å². The van der Waals surface area contributed by atoms with Crippen molar-refractivity contribution in [2.45, 2.75) is 167 Å². The third-order valence-corrected chi connectivity index (χ3v) is 9.25. The van der Waals surface area contributed by atoms with Gasteiger partial charge in [-0.05, 0) is 57.8 Å². The largest absolute Gasteiger partial charge is 0.472 e. The van der Waals surface area contributed by atoms with E-state index in [-0.39, 0.29) is 18.9 Å². The predicted octanol–water partition coefficient (Wildman–Crippen LogP) is 8.38. The third kappa shape index (κ3) is 30.7. The Labute approximate surface area is 288 Å². The first-order chi connectivity index (χ1) is 22.4. The van der Waals surface area contributed by atoms with Crippen LogP contribution in [0.25, 0.3) is 0 Å². The molecule has 0 aliphatic rings. The molecule has 0 saturated carbocycles. The fraction of sp³-hybridized carbons (Fsp3) is 0.865. The number of hydrogen-bond donors (Lipinski definition) is 4. The molecule has 0 rings (SSSR count). The molecule has 0 saturated heterocycles. The lowest BCUT2D eigenvalue weighted by molar-refractivity contribution is -0.870. The maximum absolute atomic E-state index is 12.8. The summed E-state index contributed by atoms with van der Waals surface area (Å²) in [6.45, 7) is 4.49. The lowest BCUT2D eigenvalue weighted by atomic mass is 10.0. The molecule has 9 nitrogen and oxygen atoms in total. The number of amides is 1. The standard InChI is InChI=1S/C37H73N2O7P/c1-6-8-10-12-14-16-18-20-21-23-25-27-29-35(40)37(42)34(33-46-47(43,44)45-32-31-39(3,4)5)38-36(41)30-28-26-24-22-19-17-15-13-11-9-7-2/h13,15,21,23,34-35,37,40,42H,6-12,14,16-20,22,24-33H2,1-5H3,(H-,38,41,43,44)/p+1/b15-13-,23-21+. The molecule has 0 aromatic heterocycles. The summed E-state index contributed by atoms with van der Waals surface area (Å²) in [5.74, 6) is -0.282. The molecule has 4 atom stereocenters. The van der Waals surface area contributed by atoms with E-state index in [1.54, 1.807) is 0 Å². The van der Waals surface area contributed by atoms with Gasteiger partial charge in [0, 0.05) is 6.42 Å². The Kier molecular flexibility index (Phi) is 29.1. The summed E-state index contributed by atoms with van der Waals surface area (Å²) >= 11 is 0. The van der Waals surface area contributed by atoms with Crippen LogP contribution in [-0.4, -0.2) is 84.6 Å². The van der Waals surface area contributed by atoms with Gasteiger partial charge in [-0.2, -0.15) is 0 Å². The molecule has 1 amide bonds. The Balaban J connectivity index is 4.71. The summed E-state index contributed by atoms with van der Waals surface area (Å²) in [6, 6.07) is -1.05. The lowest BCUT2D eigenvalue weighted by Gasteiger charge is -2.28. The van der Waals surface area contributed by atoms with Crippen molar-refractivity contribution in [1.82, 2.24) is 5.32 Å². The second-order valence-corrected chi connectivity index (χ2v) is 15.5. The molecule has 0 aliphatic carbocycles. The van der Waals surface area contributed by atoms with E-state index >= 15 is 0 Å². The molecule has 0 aromatic carbocycles. The molecule has 0 aromatic rings. The molecule has 0 radical (unpaired) electrons. The number of nitrogens with zero attached hydrogens (tertiary/aromatic N) is 1. The molecule has 10 heteroatoms. The first kappa shape index (κ1) is 45.9. The van der Waals surface area contributed by atoms with Gasteiger partial charge in [0.05, 0.1) is 39.9 Å². The molecule has 47 heavy (non-hydrogen) atoms. The number of phosphoric ester groups is 1. The maximum atomic E-state index is 12.8. The highest BCUT2D eigenvalue weighted by Crippen LogP contribution is 2.43. The van der Waals surface area contributed by atoms with Crippen molar-refractivity contribution in [1.29, 1.82) is 0 Å². The van der Waals surface area contributed by atoms with Gasteiger partial charge in [0.1, 0.15) is 19.3 Å². The van der Waals surface area contributed by atoms with E-state index in [9.17, 15) is 24.5 Å². The van der Waals surface area contributed by atoms with E-state index in [2.05, 4.69) is 43.5 Å². The van der Waals surface area contributed by atoms with Gasteiger partial charge in [-0.3, -0.25) is 13.8 Å². The number of aliphatic hydroxyl groups is 2. The highest BCUT2D eigenvalue weighted by Gasteiger charge is 2.31. The Bertz CT molecular complexity index is 847. The highest BCUT2D eigenvalue weighted by atomic mass is 31.2. The molecule has 4 unspecified atom stereocenters. The van der Waals surface area contributed by atoms with Crippen molar-refractivity contribution in [3.63, 3.8) is 0 Å². The smallest absolute Gasteiger partial charge is 0.390 e. The number of quaternary nitrogens is 1. The van der Waals surface area contributed by atoms with Crippen LogP contribution in [0.4, 0.5) is 0 Å². The molecule has 4 N–H and O–H groups in total. The second kappa shape index (κ2) is 29.8. The number of rotatable bonds is 33. The van der Waals surface area contributed by atoms with E-state index < -0.39 is 32.7 Å². The topological polar surface area (TPSA) is 125 Å².